The van der Waals surface area contributed by atoms with Gasteiger partial charge in [0.1, 0.15) is 12.4 Å². The summed E-state index contributed by atoms with van der Waals surface area (Å²) in [5.74, 6) is 0.655. The third kappa shape index (κ3) is 3.85. The maximum absolute atomic E-state index is 11.7. The molecule has 1 atom stereocenters. The van der Waals surface area contributed by atoms with E-state index < -0.39 is 0 Å². The van der Waals surface area contributed by atoms with Crippen molar-refractivity contribution in [3.8, 4) is 0 Å². The zero-order valence-corrected chi connectivity index (χ0v) is 10.6. The van der Waals surface area contributed by atoms with Gasteiger partial charge in [0.25, 0.3) is 0 Å². The Labute approximate surface area is 107 Å². The molecular formula is C13H20N2O3. The van der Waals surface area contributed by atoms with Crippen molar-refractivity contribution in [2.45, 2.75) is 31.9 Å². The third-order valence-corrected chi connectivity index (χ3v) is 3.08. The van der Waals surface area contributed by atoms with Crippen molar-refractivity contribution in [3.63, 3.8) is 0 Å². The molecule has 0 unspecified atom stereocenters. The van der Waals surface area contributed by atoms with E-state index in [1.54, 1.807) is 6.26 Å². The number of carbonyl (C=O) groups is 1. The normalized spacial score (nSPS) is 18.5. The molecule has 18 heavy (non-hydrogen) atoms. The highest BCUT2D eigenvalue weighted by Gasteiger charge is 2.16. The molecule has 2 heterocycles. The highest BCUT2D eigenvalue weighted by atomic mass is 16.5. The lowest BCUT2D eigenvalue weighted by atomic mass is 10.1. The molecule has 2 N–H and O–H groups in total. The molecular weight excluding hydrogens is 232 g/mol. The molecule has 0 aromatic carbocycles. The number of rotatable bonds is 5. The van der Waals surface area contributed by atoms with Gasteiger partial charge in [0.05, 0.1) is 18.4 Å². The van der Waals surface area contributed by atoms with Crippen LogP contribution in [0.5, 0.6) is 0 Å². The van der Waals surface area contributed by atoms with Crippen LogP contribution >= 0.6 is 0 Å². The molecule has 100 valence electrons. The summed E-state index contributed by atoms with van der Waals surface area (Å²) in [6, 6.07) is 3.53. The largest absolute Gasteiger partial charge is 0.467 e. The molecule has 1 fully saturated rings. The van der Waals surface area contributed by atoms with Crippen LogP contribution in [0.3, 0.4) is 0 Å². The third-order valence-electron chi connectivity index (χ3n) is 3.08. The Bertz CT molecular complexity index is 358. The Balaban J connectivity index is 1.68. The van der Waals surface area contributed by atoms with Gasteiger partial charge in [0, 0.05) is 0 Å². The fourth-order valence-corrected chi connectivity index (χ4v) is 2.05. The lowest BCUT2D eigenvalue weighted by Gasteiger charge is -2.23. The summed E-state index contributed by atoms with van der Waals surface area (Å²) in [4.78, 5) is 11.7. The lowest BCUT2D eigenvalue weighted by molar-refractivity contribution is -0.129. The van der Waals surface area contributed by atoms with E-state index in [2.05, 4.69) is 10.6 Å². The van der Waals surface area contributed by atoms with E-state index in [0.717, 1.165) is 31.7 Å². The van der Waals surface area contributed by atoms with Gasteiger partial charge >= 0.3 is 0 Å². The van der Waals surface area contributed by atoms with Gasteiger partial charge in [0.15, 0.2) is 0 Å². The van der Waals surface area contributed by atoms with Crippen LogP contribution in [0.2, 0.25) is 0 Å². The van der Waals surface area contributed by atoms with Crippen molar-refractivity contribution in [2.75, 3.05) is 19.7 Å². The Kier molecular flexibility index (Phi) is 4.78. The van der Waals surface area contributed by atoms with E-state index in [1.165, 1.54) is 0 Å². The van der Waals surface area contributed by atoms with Gasteiger partial charge in [-0.05, 0) is 45.0 Å². The SMILES string of the molecule is C[C@H](NC(=O)COC1CCNCC1)c1ccco1. The second-order valence-electron chi connectivity index (χ2n) is 4.56. The van der Waals surface area contributed by atoms with E-state index in [1.807, 2.05) is 19.1 Å². The Morgan fingerprint density at radius 2 is 2.39 bits per heavy atom. The van der Waals surface area contributed by atoms with Crippen LogP contribution in [0.15, 0.2) is 22.8 Å². The van der Waals surface area contributed by atoms with Gasteiger partial charge in [-0.2, -0.15) is 0 Å². The number of piperidine rings is 1. The summed E-state index contributed by atoms with van der Waals surface area (Å²) in [6.07, 6.45) is 3.75. The number of hydrogen-bond acceptors (Lipinski definition) is 4. The standard InChI is InChI=1S/C13H20N2O3/c1-10(12-3-2-8-17-12)15-13(16)9-18-11-4-6-14-7-5-11/h2-3,8,10-11,14H,4-7,9H2,1H3,(H,15,16)/t10-/m0/s1. The van der Waals surface area contributed by atoms with Crippen molar-refractivity contribution >= 4 is 5.91 Å². The summed E-state index contributed by atoms with van der Waals surface area (Å²) in [6.45, 7) is 3.95. The molecule has 1 aliphatic heterocycles. The first kappa shape index (κ1) is 13.1. The molecule has 0 aliphatic carbocycles. The van der Waals surface area contributed by atoms with Crippen LogP contribution < -0.4 is 10.6 Å². The van der Waals surface area contributed by atoms with Crippen molar-refractivity contribution in [3.05, 3.63) is 24.2 Å². The van der Waals surface area contributed by atoms with Crippen molar-refractivity contribution < 1.29 is 13.9 Å². The number of nitrogens with one attached hydrogen (secondary N) is 2. The van der Waals surface area contributed by atoms with Crippen LogP contribution in [0, 0.1) is 0 Å². The first-order valence-corrected chi connectivity index (χ1v) is 6.41. The highest BCUT2D eigenvalue weighted by molar-refractivity contribution is 5.77. The van der Waals surface area contributed by atoms with E-state index in [9.17, 15) is 4.79 Å². The van der Waals surface area contributed by atoms with Gasteiger partial charge < -0.3 is 19.8 Å². The molecule has 5 heteroatoms. The van der Waals surface area contributed by atoms with Crippen LogP contribution in [-0.4, -0.2) is 31.7 Å². The zero-order chi connectivity index (χ0) is 12.8. The average molecular weight is 252 g/mol. The first-order valence-electron chi connectivity index (χ1n) is 6.41. The van der Waals surface area contributed by atoms with Crippen LogP contribution in [0.4, 0.5) is 0 Å². The maximum Gasteiger partial charge on any atom is 0.246 e. The minimum Gasteiger partial charge on any atom is -0.467 e. The molecule has 0 spiro atoms. The molecule has 0 radical (unpaired) electrons. The van der Waals surface area contributed by atoms with Crippen molar-refractivity contribution in [2.24, 2.45) is 0 Å². The first-order chi connectivity index (χ1) is 8.75. The molecule has 2 rings (SSSR count). The molecule has 5 nitrogen and oxygen atoms in total. The predicted molar refractivity (Wildman–Crippen MR) is 67.1 cm³/mol. The lowest BCUT2D eigenvalue weighted by Crippen LogP contribution is -2.36. The molecule has 1 aromatic rings. The molecule has 1 saturated heterocycles. The second kappa shape index (κ2) is 6.56. The van der Waals surface area contributed by atoms with Gasteiger partial charge in [-0.1, -0.05) is 0 Å². The summed E-state index contributed by atoms with van der Waals surface area (Å²) >= 11 is 0. The van der Waals surface area contributed by atoms with E-state index in [4.69, 9.17) is 9.15 Å². The van der Waals surface area contributed by atoms with E-state index >= 15 is 0 Å². The number of hydrogen-bond donors (Lipinski definition) is 2. The predicted octanol–water partition coefficient (Wildman–Crippen LogP) is 1.23. The van der Waals surface area contributed by atoms with Crippen molar-refractivity contribution in [1.29, 1.82) is 0 Å². The second-order valence-corrected chi connectivity index (χ2v) is 4.56. The highest BCUT2D eigenvalue weighted by Crippen LogP contribution is 2.12. The summed E-state index contributed by atoms with van der Waals surface area (Å²) in [7, 11) is 0. The molecule has 0 saturated carbocycles. The number of carbonyl (C=O) groups excluding carboxylic acids is 1. The van der Waals surface area contributed by atoms with Crippen LogP contribution in [0.1, 0.15) is 31.6 Å². The minimum atomic E-state index is -0.121. The zero-order valence-electron chi connectivity index (χ0n) is 10.6. The Morgan fingerprint density at radius 3 is 3.06 bits per heavy atom. The van der Waals surface area contributed by atoms with E-state index in [-0.39, 0.29) is 24.7 Å². The summed E-state index contributed by atoms with van der Waals surface area (Å²) in [5, 5.41) is 6.11. The maximum atomic E-state index is 11.7. The fraction of sp³-hybridized carbons (Fsp3) is 0.615. The van der Waals surface area contributed by atoms with Gasteiger partial charge in [-0.3, -0.25) is 4.79 Å². The fourth-order valence-electron chi connectivity index (χ4n) is 2.05. The Morgan fingerprint density at radius 1 is 1.61 bits per heavy atom. The molecule has 1 aliphatic rings. The molecule has 1 aromatic heterocycles. The summed E-state index contributed by atoms with van der Waals surface area (Å²) < 4.78 is 10.8. The number of ether oxygens (including phenoxy) is 1. The number of amides is 1. The van der Waals surface area contributed by atoms with Crippen LogP contribution in [0.25, 0.3) is 0 Å². The van der Waals surface area contributed by atoms with Gasteiger partial charge in [-0.15, -0.1) is 0 Å². The van der Waals surface area contributed by atoms with Crippen molar-refractivity contribution in [1.82, 2.24) is 10.6 Å². The minimum absolute atomic E-state index is 0.0996. The molecule has 1 amide bonds. The van der Waals surface area contributed by atoms with Crippen LogP contribution in [-0.2, 0) is 9.53 Å². The van der Waals surface area contributed by atoms with Gasteiger partial charge in [-0.25, -0.2) is 0 Å². The molecule has 0 bridgehead atoms. The average Bonchev–Trinajstić information content (AvgIpc) is 2.91. The summed E-state index contributed by atoms with van der Waals surface area (Å²) in [5.41, 5.74) is 0. The number of furan rings is 1. The van der Waals surface area contributed by atoms with E-state index in [0.29, 0.717) is 0 Å². The smallest absolute Gasteiger partial charge is 0.246 e. The Hall–Kier alpha value is -1.33. The quantitative estimate of drug-likeness (QED) is 0.827. The van der Waals surface area contributed by atoms with Gasteiger partial charge in [0.2, 0.25) is 5.91 Å². The topological polar surface area (TPSA) is 63.5 Å². The monoisotopic (exact) mass is 252 g/mol.